The Balaban J connectivity index is 2.41. The number of amides is 3. The standard InChI is InChI=1S/C10H11N3O2/c11-9(14)7-3-1-2-6-4-13(10(12)15)5-8(6)7/h1-3H,4-5H2,(H2,11,14)(H2,12,15). The topological polar surface area (TPSA) is 89.4 Å². The lowest BCUT2D eigenvalue weighted by atomic mass is 10.0. The van der Waals surface area contributed by atoms with Crippen LogP contribution in [-0.4, -0.2) is 16.8 Å². The van der Waals surface area contributed by atoms with Crippen LogP contribution < -0.4 is 11.5 Å². The molecule has 0 aliphatic carbocycles. The maximum Gasteiger partial charge on any atom is 0.315 e. The highest BCUT2D eigenvalue weighted by Gasteiger charge is 2.24. The summed E-state index contributed by atoms with van der Waals surface area (Å²) < 4.78 is 0. The van der Waals surface area contributed by atoms with Gasteiger partial charge in [-0.3, -0.25) is 4.79 Å². The first-order chi connectivity index (χ1) is 7.09. The fraction of sp³-hybridized carbons (Fsp3) is 0.200. The van der Waals surface area contributed by atoms with E-state index in [1.165, 1.54) is 4.90 Å². The number of nitrogens with zero attached hydrogens (tertiary/aromatic N) is 1. The lowest BCUT2D eigenvalue weighted by molar-refractivity contribution is 0.0999. The van der Waals surface area contributed by atoms with Crippen molar-refractivity contribution in [2.24, 2.45) is 11.5 Å². The van der Waals surface area contributed by atoms with Gasteiger partial charge < -0.3 is 16.4 Å². The molecule has 1 aromatic rings. The van der Waals surface area contributed by atoms with Crippen molar-refractivity contribution in [1.29, 1.82) is 0 Å². The molecule has 0 unspecified atom stereocenters. The Hall–Kier alpha value is -2.04. The van der Waals surface area contributed by atoms with Crippen molar-refractivity contribution in [3.8, 4) is 0 Å². The van der Waals surface area contributed by atoms with Crippen LogP contribution in [0.5, 0.6) is 0 Å². The third-order valence-corrected chi connectivity index (χ3v) is 2.56. The second kappa shape index (κ2) is 3.27. The Morgan fingerprint density at radius 2 is 1.93 bits per heavy atom. The predicted octanol–water partition coefficient (Wildman–Crippen LogP) is 0.180. The summed E-state index contributed by atoms with van der Waals surface area (Å²) in [7, 11) is 0. The van der Waals surface area contributed by atoms with Gasteiger partial charge in [0, 0.05) is 18.7 Å². The second-order valence-electron chi connectivity index (χ2n) is 3.50. The van der Waals surface area contributed by atoms with Crippen LogP contribution in [0.1, 0.15) is 21.5 Å². The van der Waals surface area contributed by atoms with E-state index in [0.29, 0.717) is 18.7 Å². The van der Waals surface area contributed by atoms with Crippen molar-refractivity contribution < 1.29 is 9.59 Å². The third kappa shape index (κ3) is 1.52. The summed E-state index contributed by atoms with van der Waals surface area (Å²) >= 11 is 0. The predicted molar refractivity (Wildman–Crippen MR) is 53.8 cm³/mol. The van der Waals surface area contributed by atoms with Crippen molar-refractivity contribution >= 4 is 11.9 Å². The minimum Gasteiger partial charge on any atom is -0.366 e. The first kappa shape index (κ1) is 9.51. The monoisotopic (exact) mass is 205 g/mol. The molecule has 0 bridgehead atoms. The summed E-state index contributed by atoms with van der Waals surface area (Å²) in [5.74, 6) is -0.474. The molecule has 0 fully saturated rings. The highest BCUT2D eigenvalue weighted by atomic mass is 16.2. The summed E-state index contributed by atoms with van der Waals surface area (Å²) in [6.45, 7) is 0.815. The van der Waals surface area contributed by atoms with Crippen LogP contribution in [0.2, 0.25) is 0 Å². The summed E-state index contributed by atoms with van der Waals surface area (Å²) in [5, 5.41) is 0. The van der Waals surface area contributed by atoms with E-state index in [-0.39, 0.29) is 0 Å². The molecule has 2 rings (SSSR count). The lowest BCUT2D eigenvalue weighted by Gasteiger charge is -2.10. The SMILES string of the molecule is NC(=O)c1cccc2c1CN(C(N)=O)C2. The highest BCUT2D eigenvalue weighted by Crippen LogP contribution is 2.25. The largest absolute Gasteiger partial charge is 0.366 e. The van der Waals surface area contributed by atoms with Gasteiger partial charge in [0.05, 0.1) is 0 Å². The van der Waals surface area contributed by atoms with Crippen LogP contribution >= 0.6 is 0 Å². The quantitative estimate of drug-likeness (QED) is 0.684. The molecular formula is C10H11N3O2. The number of urea groups is 1. The van der Waals surface area contributed by atoms with Gasteiger partial charge in [0.1, 0.15) is 0 Å². The Labute approximate surface area is 86.6 Å². The van der Waals surface area contributed by atoms with Gasteiger partial charge in [0.15, 0.2) is 0 Å². The number of rotatable bonds is 1. The summed E-state index contributed by atoms with van der Waals surface area (Å²) in [5.41, 5.74) is 12.6. The van der Waals surface area contributed by atoms with E-state index in [0.717, 1.165) is 11.1 Å². The molecule has 0 saturated heterocycles. The third-order valence-electron chi connectivity index (χ3n) is 2.56. The van der Waals surface area contributed by atoms with E-state index in [2.05, 4.69) is 0 Å². The molecule has 3 amide bonds. The van der Waals surface area contributed by atoms with Crippen molar-refractivity contribution in [2.45, 2.75) is 13.1 Å². The average molecular weight is 205 g/mol. The first-order valence-corrected chi connectivity index (χ1v) is 4.54. The van der Waals surface area contributed by atoms with Crippen LogP contribution in [0.15, 0.2) is 18.2 Å². The molecule has 5 nitrogen and oxygen atoms in total. The highest BCUT2D eigenvalue weighted by molar-refractivity contribution is 5.95. The lowest BCUT2D eigenvalue weighted by Crippen LogP contribution is -2.30. The number of hydrogen-bond acceptors (Lipinski definition) is 2. The Morgan fingerprint density at radius 1 is 1.20 bits per heavy atom. The molecular weight excluding hydrogens is 194 g/mol. The molecule has 0 spiro atoms. The van der Waals surface area contributed by atoms with Crippen LogP contribution in [0.25, 0.3) is 0 Å². The van der Waals surface area contributed by atoms with Gasteiger partial charge in [-0.15, -0.1) is 0 Å². The zero-order valence-electron chi connectivity index (χ0n) is 8.06. The molecule has 15 heavy (non-hydrogen) atoms. The molecule has 1 aliphatic rings. The Kier molecular flexibility index (Phi) is 2.07. The maximum atomic E-state index is 11.1. The van der Waals surface area contributed by atoms with E-state index in [1.54, 1.807) is 12.1 Å². The molecule has 78 valence electrons. The van der Waals surface area contributed by atoms with Crippen molar-refractivity contribution in [1.82, 2.24) is 4.90 Å². The second-order valence-corrected chi connectivity index (χ2v) is 3.50. The first-order valence-electron chi connectivity index (χ1n) is 4.54. The van der Waals surface area contributed by atoms with Gasteiger partial charge in [-0.1, -0.05) is 12.1 Å². The molecule has 1 aromatic carbocycles. The number of nitrogens with two attached hydrogens (primary N) is 2. The maximum absolute atomic E-state index is 11.1. The molecule has 1 aliphatic heterocycles. The van der Waals surface area contributed by atoms with E-state index in [1.807, 2.05) is 6.07 Å². The summed E-state index contributed by atoms with van der Waals surface area (Å²) in [4.78, 5) is 23.6. The van der Waals surface area contributed by atoms with Crippen LogP contribution in [0, 0.1) is 0 Å². The molecule has 5 heteroatoms. The van der Waals surface area contributed by atoms with E-state index in [9.17, 15) is 9.59 Å². The summed E-state index contributed by atoms with van der Waals surface area (Å²) in [6.07, 6.45) is 0. The molecule has 0 saturated carbocycles. The summed E-state index contributed by atoms with van der Waals surface area (Å²) in [6, 6.07) is 4.79. The average Bonchev–Trinajstić information content (AvgIpc) is 2.60. The molecule has 0 atom stereocenters. The minimum atomic E-state index is -0.485. The van der Waals surface area contributed by atoms with Crippen molar-refractivity contribution in [3.63, 3.8) is 0 Å². The Bertz CT molecular complexity index is 442. The van der Waals surface area contributed by atoms with Gasteiger partial charge >= 0.3 is 6.03 Å². The van der Waals surface area contributed by atoms with Crippen LogP contribution in [-0.2, 0) is 13.1 Å². The number of fused-ring (bicyclic) bond motifs is 1. The van der Waals surface area contributed by atoms with Gasteiger partial charge in [-0.25, -0.2) is 4.79 Å². The van der Waals surface area contributed by atoms with Gasteiger partial charge in [-0.05, 0) is 17.2 Å². The Morgan fingerprint density at radius 3 is 2.53 bits per heavy atom. The number of carbonyl (C=O) groups excluding carboxylic acids is 2. The zero-order chi connectivity index (χ0) is 11.0. The fourth-order valence-electron chi connectivity index (χ4n) is 1.81. The number of primary amides is 2. The van der Waals surface area contributed by atoms with Crippen LogP contribution in [0.4, 0.5) is 4.79 Å². The normalized spacial score (nSPS) is 13.7. The molecule has 1 heterocycles. The van der Waals surface area contributed by atoms with Crippen molar-refractivity contribution in [2.75, 3.05) is 0 Å². The number of carbonyl (C=O) groups is 2. The van der Waals surface area contributed by atoms with Gasteiger partial charge in [-0.2, -0.15) is 0 Å². The number of benzene rings is 1. The zero-order valence-corrected chi connectivity index (χ0v) is 8.06. The molecule has 0 radical (unpaired) electrons. The molecule has 0 aromatic heterocycles. The van der Waals surface area contributed by atoms with E-state index < -0.39 is 11.9 Å². The number of hydrogen-bond donors (Lipinski definition) is 2. The van der Waals surface area contributed by atoms with Crippen LogP contribution in [0.3, 0.4) is 0 Å². The fourth-order valence-corrected chi connectivity index (χ4v) is 1.81. The molecule has 4 N–H and O–H groups in total. The van der Waals surface area contributed by atoms with Crippen molar-refractivity contribution in [3.05, 3.63) is 34.9 Å². The van der Waals surface area contributed by atoms with Gasteiger partial charge in [0.2, 0.25) is 5.91 Å². The van der Waals surface area contributed by atoms with E-state index >= 15 is 0 Å². The smallest absolute Gasteiger partial charge is 0.315 e. The van der Waals surface area contributed by atoms with Gasteiger partial charge in [0.25, 0.3) is 0 Å². The van der Waals surface area contributed by atoms with E-state index in [4.69, 9.17) is 11.5 Å². The minimum absolute atomic E-state index is 0.365.